The van der Waals surface area contributed by atoms with Gasteiger partial charge in [-0.25, -0.2) is 0 Å². The lowest BCUT2D eigenvalue weighted by atomic mass is 9.61. The highest BCUT2D eigenvalue weighted by molar-refractivity contribution is 5.77. The normalized spacial score (nSPS) is 31.8. The van der Waals surface area contributed by atoms with Crippen LogP contribution in [0.15, 0.2) is 24.3 Å². The van der Waals surface area contributed by atoms with E-state index in [4.69, 9.17) is 4.74 Å². The van der Waals surface area contributed by atoms with Crippen LogP contribution in [0.2, 0.25) is 0 Å². The van der Waals surface area contributed by atoms with Crippen LogP contribution in [-0.2, 0) is 16.1 Å². The molecule has 2 saturated carbocycles. The van der Waals surface area contributed by atoms with Gasteiger partial charge < -0.3 is 10.1 Å². The molecule has 4 atom stereocenters. The van der Waals surface area contributed by atoms with Crippen molar-refractivity contribution in [3.05, 3.63) is 24.3 Å². The van der Waals surface area contributed by atoms with Crippen molar-refractivity contribution in [3.63, 3.8) is 0 Å². The number of ether oxygens (including phenoxy) is 1. The molecule has 3 fully saturated rings. The fraction of sp³-hybridized carbons (Fsp3) is 0.632. The predicted octanol–water partition coefficient (Wildman–Crippen LogP) is 2.14. The van der Waals surface area contributed by atoms with Gasteiger partial charge in [0.25, 0.3) is 0 Å². The van der Waals surface area contributed by atoms with Crippen LogP contribution in [0.1, 0.15) is 32.1 Å². The minimum absolute atomic E-state index is 0.0126. The van der Waals surface area contributed by atoms with E-state index in [9.17, 15) is 4.79 Å². The molecule has 2 heterocycles. The molecule has 3 aliphatic rings. The van der Waals surface area contributed by atoms with Crippen LogP contribution in [0.25, 0.3) is 11.0 Å². The monoisotopic (exact) mass is 340 g/mol. The Morgan fingerprint density at radius 3 is 2.60 bits per heavy atom. The summed E-state index contributed by atoms with van der Waals surface area (Å²) in [4.78, 5) is 14.1. The number of nitrogens with zero attached hydrogens (tertiary/aromatic N) is 3. The average Bonchev–Trinajstić information content (AvgIpc) is 3.32. The number of amides is 1. The molecule has 2 aliphatic carbocycles. The van der Waals surface area contributed by atoms with Crippen LogP contribution >= 0.6 is 0 Å². The molecular weight excluding hydrogens is 316 g/mol. The van der Waals surface area contributed by atoms with Crippen LogP contribution in [0.3, 0.4) is 0 Å². The third-order valence-corrected chi connectivity index (χ3v) is 6.32. The average molecular weight is 340 g/mol. The van der Waals surface area contributed by atoms with E-state index in [1.807, 2.05) is 24.3 Å². The van der Waals surface area contributed by atoms with E-state index in [-0.39, 0.29) is 18.5 Å². The summed E-state index contributed by atoms with van der Waals surface area (Å²) >= 11 is 0. The van der Waals surface area contributed by atoms with Crippen LogP contribution in [-0.4, -0.2) is 39.7 Å². The molecule has 0 radical (unpaired) electrons. The highest BCUT2D eigenvalue weighted by Gasteiger charge is 2.56. The Labute approximate surface area is 146 Å². The number of hydrogen-bond donors (Lipinski definition) is 1. The highest BCUT2D eigenvalue weighted by Crippen LogP contribution is 2.51. The first-order valence-corrected chi connectivity index (χ1v) is 9.50. The molecule has 5 rings (SSSR count). The first-order chi connectivity index (χ1) is 12.3. The van der Waals surface area contributed by atoms with E-state index >= 15 is 0 Å². The number of aromatic nitrogens is 3. The number of carbonyl (C=O) groups is 1. The number of benzene rings is 1. The number of fused-ring (bicyclic) bond motifs is 2. The molecule has 1 aliphatic heterocycles. The molecule has 6 nitrogen and oxygen atoms in total. The summed E-state index contributed by atoms with van der Waals surface area (Å²) in [6, 6.07) is 7.97. The van der Waals surface area contributed by atoms with Crippen LogP contribution in [0.4, 0.5) is 0 Å². The Kier molecular flexibility index (Phi) is 3.73. The van der Waals surface area contributed by atoms with Crippen molar-refractivity contribution in [2.75, 3.05) is 6.61 Å². The molecule has 0 unspecified atom stereocenters. The lowest BCUT2D eigenvalue weighted by molar-refractivity contribution is -0.130. The number of rotatable bonds is 4. The second-order valence-corrected chi connectivity index (χ2v) is 7.72. The second kappa shape index (κ2) is 6.09. The molecule has 6 heteroatoms. The third-order valence-electron chi connectivity index (χ3n) is 6.32. The van der Waals surface area contributed by atoms with Crippen molar-refractivity contribution < 1.29 is 9.53 Å². The van der Waals surface area contributed by atoms with Crippen molar-refractivity contribution in [2.45, 2.75) is 50.8 Å². The van der Waals surface area contributed by atoms with Crippen molar-refractivity contribution in [3.8, 4) is 0 Å². The molecular formula is C19H24N4O2. The topological polar surface area (TPSA) is 69.0 Å². The Bertz CT molecular complexity index is 745. The predicted molar refractivity (Wildman–Crippen MR) is 92.8 cm³/mol. The van der Waals surface area contributed by atoms with Gasteiger partial charge in [-0.2, -0.15) is 15.0 Å². The minimum Gasteiger partial charge on any atom is -0.377 e. The first-order valence-electron chi connectivity index (χ1n) is 9.50. The molecule has 1 N–H and O–H groups in total. The van der Waals surface area contributed by atoms with Gasteiger partial charge in [-0.15, -0.1) is 0 Å². The number of hydrogen-bond acceptors (Lipinski definition) is 4. The van der Waals surface area contributed by atoms with E-state index in [2.05, 4.69) is 15.5 Å². The Morgan fingerprint density at radius 1 is 1.16 bits per heavy atom. The van der Waals surface area contributed by atoms with Crippen molar-refractivity contribution >= 4 is 16.9 Å². The maximum Gasteiger partial charge on any atom is 0.243 e. The molecule has 2 aromatic rings. The maximum absolute atomic E-state index is 12.6. The summed E-state index contributed by atoms with van der Waals surface area (Å²) in [7, 11) is 0. The highest BCUT2D eigenvalue weighted by atomic mass is 16.5. The first kappa shape index (κ1) is 15.3. The largest absolute Gasteiger partial charge is 0.377 e. The van der Waals surface area contributed by atoms with Gasteiger partial charge in [-0.1, -0.05) is 37.8 Å². The Morgan fingerprint density at radius 2 is 1.88 bits per heavy atom. The molecule has 132 valence electrons. The fourth-order valence-electron chi connectivity index (χ4n) is 5.19. The lowest BCUT2D eigenvalue weighted by Crippen LogP contribution is -2.63. The quantitative estimate of drug-likeness (QED) is 0.926. The van der Waals surface area contributed by atoms with E-state index in [0.29, 0.717) is 17.9 Å². The zero-order valence-corrected chi connectivity index (χ0v) is 14.3. The smallest absolute Gasteiger partial charge is 0.243 e. The molecule has 1 aromatic heterocycles. The van der Waals surface area contributed by atoms with Gasteiger partial charge in [0.1, 0.15) is 17.6 Å². The molecule has 0 spiro atoms. The van der Waals surface area contributed by atoms with Gasteiger partial charge >= 0.3 is 0 Å². The summed E-state index contributed by atoms with van der Waals surface area (Å²) in [5.74, 6) is 1.73. The fourth-order valence-corrected chi connectivity index (χ4v) is 5.19. The summed E-state index contributed by atoms with van der Waals surface area (Å²) in [5.41, 5.74) is 1.65. The van der Waals surface area contributed by atoms with E-state index in [1.165, 1.54) is 30.5 Å². The van der Waals surface area contributed by atoms with E-state index < -0.39 is 0 Å². The van der Waals surface area contributed by atoms with Gasteiger partial charge in [0.2, 0.25) is 5.91 Å². The van der Waals surface area contributed by atoms with Crippen molar-refractivity contribution in [2.24, 2.45) is 17.8 Å². The summed E-state index contributed by atoms with van der Waals surface area (Å²) in [6.45, 7) is 1.03. The molecule has 1 saturated heterocycles. The zero-order chi connectivity index (χ0) is 16.8. The zero-order valence-electron chi connectivity index (χ0n) is 14.3. The maximum atomic E-state index is 12.6. The summed E-state index contributed by atoms with van der Waals surface area (Å²) in [5, 5.41) is 12.1. The molecule has 25 heavy (non-hydrogen) atoms. The Hall–Kier alpha value is -1.95. The summed E-state index contributed by atoms with van der Waals surface area (Å²) in [6.07, 6.45) is 6.67. The number of nitrogens with one attached hydrogen (secondary N) is 1. The van der Waals surface area contributed by atoms with Gasteiger partial charge in [0, 0.05) is 24.5 Å². The molecule has 0 bridgehead atoms. The SMILES string of the molecule is O=C(Cn1nc2ccccc2n1)N[C@@H]1[C@@H]2CCO[C@@H]2[C@@H]1C1CCCC1. The van der Waals surface area contributed by atoms with Crippen LogP contribution in [0.5, 0.6) is 0 Å². The number of carbonyl (C=O) groups excluding carboxylic acids is 1. The van der Waals surface area contributed by atoms with Crippen LogP contribution < -0.4 is 5.32 Å². The van der Waals surface area contributed by atoms with Gasteiger partial charge in [0.15, 0.2) is 0 Å². The lowest BCUT2D eigenvalue weighted by Gasteiger charge is -2.50. The van der Waals surface area contributed by atoms with Crippen molar-refractivity contribution in [1.82, 2.24) is 20.3 Å². The standard InChI is InChI=1S/C19H24N4O2/c24-16(11-23-21-14-7-3-4-8-15(14)22-23)20-18-13-9-10-25-19(13)17(18)12-5-1-2-6-12/h3-4,7-8,12-13,17-19H,1-2,5-6,9-11H2,(H,20,24)/t13-,17+,18+,19-/m0/s1. The van der Waals surface area contributed by atoms with Gasteiger partial charge in [-0.05, 0) is 24.5 Å². The van der Waals surface area contributed by atoms with Crippen LogP contribution in [0, 0.1) is 17.8 Å². The van der Waals surface area contributed by atoms with E-state index in [0.717, 1.165) is 30.0 Å². The van der Waals surface area contributed by atoms with Gasteiger partial charge in [0.05, 0.1) is 6.10 Å². The second-order valence-electron chi connectivity index (χ2n) is 7.72. The molecule has 1 aromatic carbocycles. The van der Waals surface area contributed by atoms with Gasteiger partial charge in [-0.3, -0.25) is 4.79 Å². The summed E-state index contributed by atoms with van der Waals surface area (Å²) < 4.78 is 5.97. The Balaban J connectivity index is 1.27. The minimum atomic E-state index is 0.0126. The van der Waals surface area contributed by atoms with E-state index in [1.54, 1.807) is 0 Å². The molecule has 1 amide bonds. The van der Waals surface area contributed by atoms with Crippen molar-refractivity contribution in [1.29, 1.82) is 0 Å². The third kappa shape index (κ3) is 2.63.